The van der Waals surface area contributed by atoms with Gasteiger partial charge in [-0.05, 0) is 25.1 Å². The Balaban J connectivity index is 1.34. The van der Waals surface area contributed by atoms with E-state index in [1.807, 2.05) is 0 Å². The van der Waals surface area contributed by atoms with Crippen molar-refractivity contribution >= 4 is 34.6 Å². The number of carbonyl (C=O) groups is 1. The number of nitrogens with zero attached hydrogens (tertiary/aromatic N) is 6. The maximum absolute atomic E-state index is 13.1. The molecule has 36 heavy (non-hydrogen) atoms. The third kappa shape index (κ3) is 4.71. The first-order valence-corrected chi connectivity index (χ1v) is 11.3. The number of rotatable bonds is 5. The van der Waals surface area contributed by atoms with Crippen LogP contribution in [-0.4, -0.2) is 61.8 Å². The monoisotopic (exact) mass is 521 g/mol. The number of ether oxygens (including phenoxy) is 1. The van der Waals surface area contributed by atoms with E-state index >= 15 is 0 Å². The third-order valence-corrected chi connectivity index (χ3v) is 5.91. The molecule has 10 nitrogen and oxygen atoms in total. The molecule has 0 bridgehead atoms. The third-order valence-electron chi connectivity index (χ3n) is 5.59. The number of amides is 1. The number of pyridine rings is 1. The molecule has 1 fully saturated rings. The second-order valence-corrected chi connectivity index (χ2v) is 8.43. The van der Waals surface area contributed by atoms with E-state index in [0.717, 1.165) is 12.1 Å². The molecule has 5 rings (SSSR count). The first-order valence-electron chi connectivity index (χ1n) is 10.9. The first kappa shape index (κ1) is 24.0. The van der Waals surface area contributed by atoms with Gasteiger partial charge in [-0.15, -0.1) is 0 Å². The number of aromatic nitrogens is 5. The number of oxazole rings is 1. The molecule has 188 valence electrons. The quantitative estimate of drug-likeness (QED) is 0.417. The number of morpholine rings is 1. The van der Waals surface area contributed by atoms with Crippen LogP contribution in [0.25, 0.3) is 16.9 Å². The van der Waals surface area contributed by atoms with E-state index in [4.69, 9.17) is 20.8 Å². The van der Waals surface area contributed by atoms with Crippen molar-refractivity contribution in [1.29, 1.82) is 0 Å². The topological polar surface area (TPSA) is 111 Å². The number of fused-ring (bicyclic) bond motifs is 1. The summed E-state index contributed by atoms with van der Waals surface area (Å²) in [6, 6.07) is 4.69. The van der Waals surface area contributed by atoms with E-state index in [2.05, 4.69) is 25.4 Å². The maximum Gasteiger partial charge on any atom is 0.417 e. The highest BCUT2D eigenvalue weighted by Crippen LogP contribution is 2.37. The number of alkyl halides is 3. The summed E-state index contributed by atoms with van der Waals surface area (Å²) in [5.41, 5.74) is -0.445. The largest absolute Gasteiger partial charge is 0.423 e. The first-order chi connectivity index (χ1) is 17.2. The highest BCUT2D eigenvalue weighted by atomic mass is 35.5. The number of benzene rings is 1. The van der Waals surface area contributed by atoms with Crippen LogP contribution < -0.4 is 5.32 Å². The molecule has 1 aliphatic rings. The highest BCUT2D eigenvalue weighted by Gasteiger charge is 2.34. The molecule has 1 aliphatic heterocycles. The fraction of sp³-hybridized carbons (Fsp3) is 0.318. The Hall–Kier alpha value is -3.71. The van der Waals surface area contributed by atoms with Crippen LogP contribution in [0.1, 0.15) is 34.7 Å². The minimum atomic E-state index is -4.61. The van der Waals surface area contributed by atoms with Gasteiger partial charge in [0, 0.05) is 25.4 Å². The van der Waals surface area contributed by atoms with Crippen LogP contribution in [0.3, 0.4) is 0 Å². The average Bonchev–Trinajstić information content (AvgIpc) is 3.50. The summed E-state index contributed by atoms with van der Waals surface area (Å²) in [6.45, 7) is 3.80. The number of carbonyl (C=O) groups excluding carboxylic acids is 1. The van der Waals surface area contributed by atoms with Gasteiger partial charge in [-0.3, -0.25) is 4.79 Å². The molecule has 4 heterocycles. The van der Waals surface area contributed by atoms with E-state index in [1.54, 1.807) is 24.0 Å². The molecule has 1 N–H and O–H groups in total. The fourth-order valence-corrected chi connectivity index (χ4v) is 4.05. The van der Waals surface area contributed by atoms with Gasteiger partial charge in [0.1, 0.15) is 11.8 Å². The van der Waals surface area contributed by atoms with E-state index < -0.39 is 22.8 Å². The summed E-state index contributed by atoms with van der Waals surface area (Å²) < 4.78 is 51.7. The van der Waals surface area contributed by atoms with Gasteiger partial charge in [0.2, 0.25) is 0 Å². The van der Waals surface area contributed by atoms with Crippen molar-refractivity contribution in [2.24, 2.45) is 0 Å². The summed E-state index contributed by atoms with van der Waals surface area (Å²) in [7, 11) is 0. The van der Waals surface area contributed by atoms with E-state index in [1.165, 1.54) is 17.2 Å². The lowest BCUT2D eigenvalue weighted by Crippen LogP contribution is -2.40. The van der Waals surface area contributed by atoms with Crippen molar-refractivity contribution in [3.63, 3.8) is 0 Å². The van der Waals surface area contributed by atoms with Crippen molar-refractivity contribution < 1.29 is 27.1 Å². The Bertz CT molecular complexity index is 1400. The summed E-state index contributed by atoms with van der Waals surface area (Å²) >= 11 is 5.76. The molecular weight excluding hydrogens is 503 g/mol. The number of hydrogen-bond acceptors (Lipinski definition) is 8. The molecule has 4 aromatic rings. The lowest BCUT2D eigenvalue weighted by Gasteiger charge is -2.26. The molecule has 0 spiro atoms. The Morgan fingerprint density at radius 1 is 1.19 bits per heavy atom. The minimum absolute atomic E-state index is 0.00471. The van der Waals surface area contributed by atoms with Crippen molar-refractivity contribution in [3.8, 4) is 5.82 Å². The molecule has 0 aliphatic carbocycles. The smallest absolute Gasteiger partial charge is 0.417 e. The normalized spacial score (nSPS) is 15.3. The molecule has 3 aromatic heterocycles. The van der Waals surface area contributed by atoms with Crippen molar-refractivity contribution in [2.75, 3.05) is 31.6 Å². The molecule has 1 saturated heterocycles. The van der Waals surface area contributed by atoms with E-state index in [9.17, 15) is 18.0 Å². The van der Waals surface area contributed by atoms with Crippen LogP contribution in [0.5, 0.6) is 0 Å². The van der Waals surface area contributed by atoms with Crippen molar-refractivity contribution in [1.82, 2.24) is 29.6 Å². The summed E-state index contributed by atoms with van der Waals surface area (Å²) in [4.78, 5) is 27.1. The van der Waals surface area contributed by atoms with Crippen molar-refractivity contribution in [2.45, 2.75) is 19.1 Å². The average molecular weight is 522 g/mol. The van der Waals surface area contributed by atoms with Crippen LogP contribution in [-0.2, 0) is 10.9 Å². The molecule has 0 unspecified atom stereocenters. The van der Waals surface area contributed by atoms with Gasteiger partial charge in [-0.1, -0.05) is 11.6 Å². The fourth-order valence-electron chi connectivity index (χ4n) is 3.79. The van der Waals surface area contributed by atoms with E-state index in [0.29, 0.717) is 43.5 Å². The van der Waals surface area contributed by atoms with Gasteiger partial charge in [0.05, 0.1) is 35.4 Å². The number of nitrogens with one attached hydrogen (secondary N) is 1. The molecule has 0 saturated carbocycles. The second kappa shape index (κ2) is 9.39. The van der Waals surface area contributed by atoms with Crippen LogP contribution >= 0.6 is 11.6 Å². The van der Waals surface area contributed by atoms with Gasteiger partial charge < -0.3 is 19.4 Å². The molecule has 1 aromatic carbocycles. The van der Waals surface area contributed by atoms with Gasteiger partial charge >= 0.3 is 6.18 Å². The van der Waals surface area contributed by atoms with Gasteiger partial charge in [0.25, 0.3) is 11.9 Å². The zero-order chi connectivity index (χ0) is 25.4. The minimum Gasteiger partial charge on any atom is -0.423 e. The maximum atomic E-state index is 13.1. The second-order valence-electron chi connectivity index (χ2n) is 8.02. The summed E-state index contributed by atoms with van der Waals surface area (Å²) in [5.74, 6) is 0.732. The molecule has 0 radical (unpaired) electrons. The zero-order valence-corrected chi connectivity index (χ0v) is 19.5. The molecular formula is C22H19ClF3N7O3. The highest BCUT2D eigenvalue weighted by molar-refractivity contribution is 6.32. The Labute approximate surface area is 207 Å². The van der Waals surface area contributed by atoms with Crippen LogP contribution in [0.2, 0.25) is 5.02 Å². The van der Waals surface area contributed by atoms with Crippen LogP contribution in [0, 0.1) is 0 Å². The zero-order valence-electron chi connectivity index (χ0n) is 18.8. The molecule has 1 amide bonds. The summed E-state index contributed by atoms with van der Waals surface area (Å²) in [5, 5.41) is 6.69. The Morgan fingerprint density at radius 2 is 1.97 bits per heavy atom. The number of anilines is 1. The SMILES string of the molecule is C[C@H](Nc1nc2cc(C(F)(F)F)c(Cl)cc2o1)c1ncnn1-c1ccc(C(=O)N2CCOCC2)cn1. The van der Waals surface area contributed by atoms with Gasteiger partial charge in [-0.25, -0.2) is 9.97 Å². The van der Waals surface area contributed by atoms with Crippen LogP contribution in [0.4, 0.5) is 19.2 Å². The van der Waals surface area contributed by atoms with Crippen LogP contribution in [0.15, 0.2) is 41.2 Å². The summed E-state index contributed by atoms with van der Waals surface area (Å²) in [6.07, 6.45) is -1.81. The predicted octanol–water partition coefficient (Wildman–Crippen LogP) is 4.12. The Morgan fingerprint density at radius 3 is 2.67 bits per heavy atom. The molecule has 1 atom stereocenters. The van der Waals surface area contributed by atoms with Crippen molar-refractivity contribution in [3.05, 3.63) is 58.8 Å². The Kier molecular flexibility index (Phi) is 6.26. The van der Waals surface area contributed by atoms with Gasteiger partial charge in [-0.2, -0.15) is 27.9 Å². The lowest BCUT2D eigenvalue weighted by atomic mass is 10.2. The van der Waals surface area contributed by atoms with E-state index in [-0.39, 0.29) is 23.0 Å². The predicted molar refractivity (Wildman–Crippen MR) is 122 cm³/mol. The molecule has 14 heteroatoms. The number of halogens is 4. The standard InChI is InChI=1S/C22H19ClF3N7O3/c1-12(30-21-31-16-8-14(22(24,25)26)15(23)9-17(16)36-21)19-28-11-29-33(19)18-3-2-13(10-27-18)20(34)32-4-6-35-7-5-32/h2-3,8-12H,4-7H2,1H3,(H,30,31)/t12-/m0/s1. The lowest BCUT2D eigenvalue weighted by molar-refractivity contribution is -0.137. The van der Waals surface area contributed by atoms with Gasteiger partial charge in [0.15, 0.2) is 17.2 Å². The number of hydrogen-bond donors (Lipinski definition) is 1.